The van der Waals surface area contributed by atoms with Crippen molar-refractivity contribution in [2.75, 3.05) is 0 Å². The van der Waals surface area contributed by atoms with Gasteiger partial charge in [0.2, 0.25) is 5.91 Å². The van der Waals surface area contributed by atoms with E-state index in [9.17, 15) is 20.0 Å². The summed E-state index contributed by atoms with van der Waals surface area (Å²) in [5.41, 5.74) is 3.35. The summed E-state index contributed by atoms with van der Waals surface area (Å²) in [5.74, 6) is -0.746. The normalized spacial score (nSPS) is 10.9. The number of aromatic hydroxyl groups is 1. The number of nitro benzene ring substituents is 1. The summed E-state index contributed by atoms with van der Waals surface area (Å²) in [6.45, 7) is 0. The van der Waals surface area contributed by atoms with E-state index in [-0.39, 0.29) is 18.0 Å². The maximum absolute atomic E-state index is 12.1. The molecule has 0 unspecified atom stereocenters. The van der Waals surface area contributed by atoms with Crippen molar-refractivity contribution in [3.63, 3.8) is 0 Å². The van der Waals surface area contributed by atoms with Crippen molar-refractivity contribution in [1.29, 1.82) is 0 Å². The third-order valence-corrected chi connectivity index (χ3v) is 3.83. The number of phenolic OH excluding ortho intramolecular Hbond substituents is 1. The maximum Gasteiger partial charge on any atom is 0.310 e. The monoisotopic (exact) mass is 349 g/mol. The molecule has 2 N–H and O–H groups in total. The Morgan fingerprint density at radius 3 is 2.69 bits per heavy atom. The number of carbonyl (C=O) groups excluding carboxylic acids is 1. The van der Waals surface area contributed by atoms with Crippen LogP contribution >= 0.6 is 0 Å². The topological polar surface area (TPSA) is 105 Å². The number of hydrogen-bond acceptors (Lipinski definition) is 5. The number of phenols is 1. The van der Waals surface area contributed by atoms with Crippen LogP contribution in [0.25, 0.3) is 10.8 Å². The van der Waals surface area contributed by atoms with Crippen LogP contribution in [0.3, 0.4) is 0 Å². The van der Waals surface area contributed by atoms with Gasteiger partial charge in [0.25, 0.3) is 0 Å². The number of nitrogens with zero attached hydrogens (tertiary/aromatic N) is 2. The zero-order valence-corrected chi connectivity index (χ0v) is 13.6. The highest BCUT2D eigenvalue weighted by atomic mass is 16.6. The van der Waals surface area contributed by atoms with E-state index in [0.29, 0.717) is 5.56 Å². The Balaban J connectivity index is 1.66. The second-order valence-corrected chi connectivity index (χ2v) is 5.61. The van der Waals surface area contributed by atoms with Gasteiger partial charge in [-0.05, 0) is 34.0 Å². The predicted molar refractivity (Wildman–Crippen MR) is 98.1 cm³/mol. The highest BCUT2D eigenvalue weighted by molar-refractivity contribution is 5.90. The van der Waals surface area contributed by atoms with E-state index in [1.807, 2.05) is 42.5 Å². The zero-order chi connectivity index (χ0) is 18.5. The Bertz CT molecular complexity index is 1010. The van der Waals surface area contributed by atoms with Crippen LogP contribution in [0.1, 0.15) is 11.1 Å². The zero-order valence-electron chi connectivity index (χ0n) is 13.6. The fourth-order valence-corrected chi connectivity index (χ4v) is 2.61. The van der Waals surface area contributed by atoms with Crippen LogP contribution in [0.5, 0.6) is 5.75 Å². The summed E-state index contributed by atoms with van der Waals surface area (Å²) in [7, 11) is 0. The summed E-state index contributed by atoms with van der Waals surface area (Å²) >= 11 is 0. The first kappa shape index (κ1) is 17.1. The van der Waals surface area contributed by atoms with Gasteiger partial charge in [-0.15, -0.1) is 0 Å². The van der Waals surface area contributed by atoms with Crippen molar-refractivity contribution >= 4 is 28.6 Å². The summed E-state index contributed by atoms with van der Waals surface area (Å²) in [5, 5.41) is 26.1. The predicted octanol–water partition coefficient (Wildman–Crippen LogP) is 3.15. The van der Waals surface area contributed by atoms with Crippen LogP contribution in [0.15, 0.2) is 65.8 Å². The van der Waals surface area contributed by atoms with Crippen molar-refractivity contribution < 1.29 is 14.8 Å². The molecule has 0 aliphatic rings. The molecule has 0 atom stereocenters. The molecule has 0 radical (unpaired) electrons. The first-order valence-electron chi connectivity index (χ1n) is 7.80. The number of benzene rings is 3. The van der Waals surface area contributed by atoms with E-state index < -0.39 is 10.7 Å². The van der Waals surface area contributed by atoms with Gasteiger partial charge in [0.05, 0.1) is 17.6 Å². The molecule has 0 saturated heterocycles. The number of nitrogens with one attached hydrogen (secondary N) is 1. The quantitative estimate of drug-likeness (QED) is 0.419. The highest BCUT2D eigenvalue weighted by Crippen LogP contribution is 2.25. The Hall–Kier alpha value is -3.74. The molecule has 26 heavy (non-hydrogen) atoms. The number of rotatable bonds is 5. The minimum atomic E-state index is -0.678. The lowest BCUT2D eigenvalue weighted by atomic mass is 10.0. The van der Waals surface area contributed by atoms with Gasteiger partial charge in [-0.3, -0.25) is 14.9 Å². The number of amides is 1. The van der Waals surface area contributed by atoms with E-state index in [2.05, 4.69) is 10.5 Å². The molecule has 0 heterocycles. The molecular weight excluding hydrogens is 334 g/mol. The molecule has 3 aromatic rings. The molecule has 7 heteroatoms. The van der Waals surface area contributed by atoms with E-state index >= 15 is 0 Å². The number of carbonyl (C=O) groups is 1. The second kappa shape index (κ2) is 7.43. The van der Waals surface area contributed by atoms with E-state index in [1.54, 1.807) is 0 Å². The lowest BCUT2D eigenvalue weighted by Crippen LogP contribution is -2.19. The van der Waals surface area contributed by atoms with Gasteiger partial charge >= 0.3 is 5.69 Å². The van der Waals surface area contributed by atoms with E-state index in [1.165, 1.54) is 24.4 Å². The number of fused-ring (bicyclic) bond motifs is 1. The molecule has 1 amide bonds. The molecule has 0 aliphatic heterocycles. The smallest absolute Gasteiger partial charge is 0.310 e. The lowest BCUT2D eigenvalue weighted by molar-refractivity contribution is -0.385. The molecule has 0 aliphatic carbocycles. The number of hydrogen-bond donors (Lipinski definition) is 2. The molecule has 0 fully saturated rings. The fourth-order valence-electron chi connectivity index (χ4n) is 2.61. The van der Waals surface area contributed by atoms with Crippen LogP contribution in [0.4, 0.5) is 5.69 Å². The van der Waals surface area contributed by atoms with Crippen molar-refractivity contribution in [1.82, 2.24) is 5.43 Å². The molecule has 0 aromatic heterocycles. The number of hydrazone groups is 1. The first-order valence-corrected chi connectivity index (χ1v) is 7.80. The molecule has 0 bridgehead atoms. The van der Waals surface area contributed by atoms with Crippen LogP contribution < -0.4 is 5.43 Å². The van der Waals surface area contributed by atoms with Crippen LogP contribution in [-0.2, 0) is 11.2 Å². The molecule has 3 rings (SSSR count). The van der Waals surface area contributed by atoms with Gasteiger partial charge < -0.3 is 5.11 Å². The van der Waals surface area contributed by atoms with Crippen molar-refractivity contribution in [2.45, 2.75) is 6.42 Å². The second-order valence-electron chi connectivity index (χ2n) is 5.61. The standard InChI is InChI=1S/C19H15N3O4/c23-18-10-13(8-9-17(18)22(25)26)12-20-21-19(24)11-15-6-3-5-14-4-1-2-7-16(14)15/h1-10,12,23H,11H2,(H,21,24). The first-order chi connectivity index (χ1) is 12.5. The van der Waals surface area contributed by atoms with Gasteiger partial charge in [0, 0.05) is 6.07 Å². The van der Waals surface area contributed by atoms with Gasteiger partial charge in [-0.25, -0.2) is 5.43 Å². The third kappa shape index (κ3) is 3.84. The van der Waals surface area contributed by atoms with E-state index in [4.69, 9.17) is 0 Å². The fraction of sp³-hybridized carbons (Fsp3) is 0.0526. The molecular formula is C19H15N3O4. The molecule has 7 nitrogen and oxygen atoms in total. The van der Waals surface area contributed by atoms with Crippen LogP contribution in [0.2, 0.25) is 0 Å². The van der Waals surface area contributed by atoms with Gasteiger partial charge in [0.1, 0.15) is 0 Å². The summed E-state index contributed by atoms with van der Waals surface area (Å²) in [4.78, 5) is 22.1. The SMILES string of the molecule is O=C(Cc1cccc2ccccc12)NN=Cc1ccc([N+](=O)[O-])c(O)c1. The average molecular weight is 349 g/mol. The number of nitro groups is 1. The molecule has 0 spiro atoms. The van der Waals surface area contributed by atoms with Gasteiger partial charge in [-0.1, -0.05) is 42.5 Å². The Morgan fingerprint density at radius 2 is 1.92 bits per heavy atom. The average Bonchev–Trinajstić information content (AvgIpc) is 2.62. The third-order valence-electron chi connectivity index (χ3n) is 3.83. The van der Waals surface area contributed by atoms with E-state index in [0.717, 1.165) is 16.3 Å². The van der Waals surface area contributed by atoms with Crippen molar-refractivity contribution in [3.8, 4) is 5.75 Å². The Kier molecular flexibility index (Phi) is 4.89. The summed E-state index contributed by atoms with van der Waals surface area (Å²) in [6, 6.07) is 17.4. The minimum Gasteiger partial charge on any atom is -0.502 e. The van der Waals surface area contributed by atoms with Gasteiger partial charge in [0.15, 0.2) is 5.75 Å². The lowest BCUT2D eigenvalue weighted by Gasteiger charge is -2.05. The van der Waals surface area contributed by atoms with Crippen molar-refractivity contribution in [2.24, 2.45) is 5.10 Å². The summed E-state index contributed by atoms with van der Waals surface area (Å²) in [6.07, 6.45) is 1.48. The van der Waals surface area contributed by atoms with Gasteiger partial charge in [-0.2, -0.15) is 5.10 Å². The largest absolute Gasteiger partial charge is 0.502 e. The van der Waals surface area contributed by atoms with Crippen LogP contribution in [-0.4, -0.2) is 22.2 Å². The maximum atomic E-state index is 12.1. The Labute approximate surface area is 148 Å². The highest BCUT2D eigenvalue weighted by Gasteiger charge is 2.12. The van der Waals surface area contributed by atoms with Crippen molar-refractivity contribution in [3.05, 3.63) is 81.9 Å². The minimum absolute atomic E-state index is 0.171. The molecule has 0 saturated carbocycles. The summed E-state index contributed by atoms with van der Waals surface area (Å²) < 4.78 is 0. The molecule has 3 aromatic carbocycles. The van der Waals surface area contributed by atoms with Crippen LogP contribution in [0, 0.1) is 10.1 Å². The molecule has 130 valence electrons. The Morgan fingerprint density at radius 1 is 1.15 bits per heavy atom.